The van der Waals surface area contributed by atoms with Gasteiger partial charge in [0.1, 0.15) is 23.2 Å². The van der Waals surface area contributed by atoms with Gasteiger partial charge < -0.3 is 31.2 Å². The summed E-state index contributed by atoms with van der Waals surface area (Å²) in [5.41, 5.74) is 12.2. The number of nitrogens with two attached hydrogens (primary N) is 2. The van der Waals surface area contributed by atoms with Crippen molar-refractivity contribution >= 4 is 40.9 Å². The second-order valence-electron chi connectivity index (χ2n) is 7.76. The van der Waals surface area contributed by atoms with Crippen LogP contribution in [-0.2, 0) is 20.9 Å². The number of carbonyl (C=O) groups is 4. The van der Waals surface area contributed by atoms with Gasteiger partial charge in [0.05, 0.1) is 19.4 Å². The Morgan fingerprint density at radius 1 is 1.08 bits per heavy atom. The molecule has 194 valence electrons. The largest absolute Gasteiger partial charge is 0.497 e. The Morgan fingerprint density at radius 3 is 2.32 bits per heavy atom. The first kappa shape index (κ1) is 27.1. The molecule has 37 heavy (non-hydrogen) atoms. The fourth-order valence-corrected chi connectivity index (χ4v) is 4.31. The number of methoxy groups -OCH3 is 1. The third kappa shape index (κ3) is 6.61. The number of hydrogen-bond acceptors (Lipinski definition) is 9. The standard InChI is InChI=1S/C25H27N5O6S/c1-3-36-18(31)13-28-24(33)21(16-9-11-17(35-2)12-10-16)30(14-15-7-5-4-6-8-15)25(34)22-19(26)20(23(27)32)29-37-22/h4-12,21H,3,13-14,26H2,1-2H3,(H2,27,32)(H,28,33). The molecule has 0 aliphatic heterocycles. The molecule has 2 aromatic carbocycles. The molecule has 1 heterocycles. The number of anilines is 1. The molecule has 0 fully saturated rings. The van der Waals surface area contributed by atoms with Crippen molar-refractivity contribution in [1.29, 1.82) is 0 Å². The highest BCUT2D eigenvalue weighted by molar-refractivity contribution is 7.09. The lowest BCUT2D eigenvalue weighted by molar-refractivity contribution is -0.143. The van der Waals surface area contributed by atoms with Gasteiger partial charge in [-0.1, -0.05) is 42.5 Å². The summed E-state index contributed by atoms with van der Waals surface area (Å²) in [6.07, 6.45) is 0. The third-order valence-electron chi connectivity index (χ3n) is 5.32. The molecule has 1 aromatic heterocycles. The van der Waals surface area contributed by atoms with Gasteiger partial charge in [0.2, 0.25) is 5.91 Å². The lowest BCUT2D eigenvalue weighted by atomic mass is 10.0. The molecule has 5 N–H and O–H groups in total. The zero-order valence-corrected chi connectivity index (χ0v) is 21.1. The Balaban J connectivity index is 2.08. The van der Waals surface area contributed by atoms with E-state index in [1.165, 1.54) is 12.0 Å². The van der Waals surface area contributed by atoms with E-state index in [0.717, 1.165) is 5.56 Å². The van der Waals surface area contributed by atoms with Crippen molar-refractivity contribution in [1.82, 2.24) is 14.6 Å². The van der Waals surface area contributed by atoms with E-state index >= 15 is 0 Å². The van der Waals surface area contributed by atoms with Crippen molar-refractivity contribution in [2.45, 2.75) is 19.5 Å². The molecule has 0 aliphatic rings. The summed E-state index contributed by atoms with van der Waals surface area (Å²) in [5.74, 6) is -2.21. The number of carbonyl (C=O) groups excluding carboxylic acids is 4. The van der Waals surface area contributed by atoms with Gasteiger partial charge >= 0.3 is 5.97 Å². The maximum Gasteiger partial charge on any atom is 0.325 e. The van der Waals surface area contributed by atoms with Crippen molar-refractivity contribution < 1.29 is 28.7 Å². The molecule has 1 atom stereocenters. The monoisotopic (exact) mass is 525 g/mol. The molecular weight excluding hydrogens is 498 g/mol. The number of aromatic nitrogens is 1. The van der Waals surface area contributed by atoms with Crippen LogP contribution in [0.3, 0.4) is 0 Å². The van der Waals surface area contributed by atoms with Crippen LogP contribution in [0.25, 0.3) is 0 Å². The summed E-state index contributed by atoms with van der Waals surface area (Å²) < 4.78 is 14.0. The fraction of sp³-hybridized carbons (Fsp3) is 0.240. The third-order valence-corrected chi connectivity index (χ3v) is 6.17. The average Bonchev–Trinajstić information content (AvgIpc) is 3.29. The van der Waals surface area contributed by atoms with E-state index in [-0.39, 0.29) is 36.0 Å². The molecule has 0 aliphatic carbocycles. The molecule has 3 amide bonds. The van der Waals surface area contributed by atoms with Gasteiger partial charge in [-0.05, 0) is 41.7 Å². The zero-order valence-electron chi connectivity index (χ0n) is 20.3. The molecule has 0 spiro atoms. The maximum absolute atomic E-state index is 13.9. The molecule has 0 radical (unpaired) electrons. The summed E-state index contributed by atoms with van der Waals surface area (Å²) in [6, 6.07) is 14.4. The molecule has 3 rings (SSSR count). The van der Waals surface area contributed by atoms with Crippen molar-refractivity contribution in [2.75, 3.05) is 26.0 Å². The minimum absolute atomic E-state index is 0.00639. The van der Waals surface area contributed by atoms with Crippen LogP contribution in [0.5, 0.6) is 5.75 Å². The molecular formula is C25H27N5O6S. The lowest BCUT2D eigenvalue weighted by Gasteiger charge is -2.31. The van der Waals surface area contributed by atoms with Gasteiger partial charge in [0.15, 0.2) is 5.69 Å². The van der Waals surface area contributed by atoms with Crippen LogP contribution in [0.4, 0.5) is 5.69 Å². The maximum atomic E-state index is 13.9. The predicted octanol–water partition coefficient (Wildman–Crippen LogP) is 1.90. The van der Waals surface area contributed by atoms with Crippen LogP contribution >= 0.6 is 11.5 Å². The van der Waals surface area contributed by atoms with E-state index in [1.54, 1.807) is 55.5 Å². The van der Waals surface area contributed by atoms with Crippen LogP contribution in [-0.4, -0.2) is 53.2 Å². The minimum atomic E-state index is -1.19. The number of esters is 1. The Labute approximate surface area is 217 Å². The van der Waals surface area contributed by atoms with Crippen molar-refractivity contribution in [3.05, 3.63) is 76.3 Å². The number of primary amides is 1. The number of benzene rings is 2. The number of amides is 3. The minimum Gasteiger partial charge on any atom is -0.497 e. The normalized spacial score (nSPS) is 11.3. The van der Waals surface area contributed by atoms with Crippen LogP contribution < -0.4 is 21.5 Å². The van der Waals surface area contributed by atoms with Gasteiger partial charge in [-0.25, -0.2) is 0 Å². The van der Waals surface area contributed by atoms with Gasteiger partial charge in [0.25, 0.3) is 11.8 Å². The Bertz CT molecular complexity index is 1260. The summed E-state index contributed by atoms with van der Waals surface area (Å²) >= 11 is 0.714. The van der Waals surface area contributed by atoms with Crippen LogP contribution in [0.2, 0.25) is 0 Å². The molecule has 0 saturated carbocycles. The Hall–Kier alpha value is -4.45. The summed E-state index contributed by atoms with van der Waals surface area (Å²) in [7, 11) is 1.51. The average molecular weight is 526 g/mol. The Kier molecular flexibility index (Phi) is 9.16. The van der Waals surface area contributed by atoms with E-state index in [1.807, 2.05) is 6.07 Å². The number of nitrogens with zero attached hydrogens (tertiary/aromatic N) is 2. The van der Waals surface area contributed by atoms with Gasteiger partial charge in [0, 0.05) is 6.54 Å². The van der Waals surface area contributed by atoms with Gasteiger partial charge in [-0.15, -0.1) is 0 Å². The quantitative estimate of drug-likeness (QED) is 0.319. The first-order valence-corrected chi connectivity index (χ1v) is 12.0. The van der Waals surface area contributed by atoms with Crippen molar-refractivity contribution in [3.63, 3.8) is 0 Å². The first-order chi connectivity index (χ1) is 17.8. The molecule has 11 nitrogen and oxygen atoms in total. The highest BCUT2D eigenvalue weighted by atomic mass is 32.1. The van der Waals surface area contributed by atoms with E-state index in [0.29, 0.717) is 22.8 Å². The summed E-state index contributed by atoms with van der Waals surface area (Å²) in [6.45, 7) is 1.43. The number of nitrogens with one attached hydrogen (secondary N) is 1. The van der Waals surface area contributed by atoms with E-state index < -0.39 is 29.7 Å². The number of hydrogen-bond donors (Lipinski definition) is 3. The van der Waals surface area contributed by atoms with Crippen molar-refractivity contribution in [3.8, 4) is 5.75 Å². The molecule has 0 bridgehead atoms. The summed E-state index contributed by atoms with van der Waals surface area (Å²) in [5, 5.41) is 2.55. The molecule has 12 heteroatoms. The lowest BCUT2D eigenvalue weighted by Crippen LogP contribution is -2.44. The van der Waals surface area contributed by atoms with E-state index in [2.05, 4.69) is 9.69 Å². The second-order valence-corrected chi connectivity index (χ2v) is 8.53. The molecule has 1 unspecified atom stereocenters. The fourth-order valence-electron chi connectivity index (χ4n) is 3.55. The zero-order chi connectivity index (χ0) is 26.9. The van der Waals surface area contributed by atoms with Crippen molar-refractivity contribution in [2.24, 2.45) is 5.73 Å². The second kappa shape index (κ2) is 12.5. The van der Waals surface area contributed by atoms with Crippen LogP contribution in [0, 0.1) is 0 Å². The number of ether oxygens (including phenoxy) is 2. The van der Waals surface area contributed by atoms with E-state index in [4.69, 9.17) is 20.9 Å². The molecule has 3 aromatic rings. The highest BCUT2D eigenvalue weighted by Gasteiger charge is 2.35. The van der Waals surface area contributed by atoms with Crippen LogP contribution in [0.1, 0.15) is 44.3 Å². The van der Waals surface area contributed by atoms with Gasteiger partial charge in [-0.2, -0.15) is 4.37 Å². The predicted molar refractivity (Wildman–Crippen MR) is 137 cm³/mol. The van der Waals surface area contributed by atoms with Crippen LogP contribution in [0.15, 0.2) is 54.6 Å². The summed E-state index contributed by atoms with van der Waals surface area (Å²) in [4.78, 5) is 52.2. The smallest absolute Gasteiger partial charge is 0.325 e. The molecule has 0 saturated heterocycles. The Morgan fingerprint density at radius 2 is 1.76 bits per heavy atom. The van der Waals surface area contributed by atoms with Gasteiger partial charge in [-0.3, -0.25) is 19.2 Å². The first-order valence-electron chi connectivity index (χ1n) is 11.2. The highest BCUT2D eigenvalue weighted by Crippen LogP contribution is 2.31. The number of nitrogen functional groups attached to an aromatic ring is 1. The van der Waals surface area contributed by atoms with E-state index in [9.17, 15) is 19.2 Å². The topological polar surface area (TPSA) is 167 Å². The number of rotatable bonds is 11. The SMILES string of the molecule is CCOC(=O)CNC(=O)C(c1ccc(OC)cc1)N(Cc1ccccc1)C(=O)c1snc(C(N)=O)c1N.